The fraction of sp³-hybridized carbons (Fsp3) is 0.158. The summed E-state index contributed by atoms with van der Waals surface area (Å²) in [7, 11) is 0. The molecule has 0 unspecified atom stereocenters. The minimum atomic E-state index is -0.350. The molecule has 0 fully saturated rings. The molecule has 1 aromatic carbocycles. The van der Waals surface area contributed by atoms with Crippen molar-refractivity contribution in [2.75, 3.05) is 18.7 Å². The fourth-order valence-corrected chi connectivity index (χ4v) is 3.43. The Labute approximate surface area is 158 Å². The largest absolute Gasteiger partial charge is 0.459 e. The van der Waals surface area contributed by atoms with E-state index in [1.54, 1.807) is 24.3 Å². The van der Waals surface area contributed by atoms with Crippen molar-refractivity contribution in [1.29, 1.82) is 0 Å². The number of carbonyl (C=O) groups is 2. The Morgan fingerprint density at radius 1 is 1.04 bits per heavy atom. The number of ether oxygens (including phenoxy) is 2. The van der Waals surface area contributed by atoms with Crippen LogP contribution in [0.4, 0.5) is 5.00 Å². The molecule has 2 amide bonds. The monoisotopic (exact) mass is 384 g/mol. The van der Waals surface area contributed by atoms with E-state index in [1.807, 2.05) is 18.2 Å². The summed E-state index contributed by atoms with van der Waals surface area (Å²) in [6.45, 7) is 0.733. The van der Waals surface area contributed by atoms with Crippen molar-refractivity contribution in [1.82, 2.24) is 5.32 Å². The molecule has 0 saturated carbocycles. The van der Waals surface area contributed by atoms with E-state index in [0.717, 1.165) is 17.1 Å². The average Bonchev–Trinajstić information content (AvgIpc) is 3.42. The van der Waals surface area contributed by atoms with Gasteiger partial charge >= 0.3 is 0 Å². The number of fused-ring (bicyclic) bond motifs is 1. The molecule has 0 radical (unpaired) electrons. The number of hydrogen-bond donors (Lipinski definition) is 2. The second-order valence-corrected chi connectivity index (χ2v) is 6.87. The van der Waals surface area contributed by atoms with Gasteiger partial charge in [0, 0.05) is 6.54 Å². The van der Waals surface area contributed by atoms with Crippen LogP contribution in [0, 0.1) is 0 Å². The maximum absolute atomic E-state index is 12.3. The highest BCUT2D eigenvalue weighted by atomic mass is 32.1. The van der Waals surface area contributed by atoms with Crippen LogP contribution < -0.4 is 20.1 Å². The Morgan fingerprint density at radius 3 is 2.78 bits per heavy atom. The Balaban J connectivity index is 1.28. The first-order chi connectivity index (χ1) is 13.2. The molecule has 138 valence electrons. The zero-order chi connectivity index (χ0) is 18.6. The van der Waals surface area contributed by atoms with E-state index in [2.05, 4.69) is 10.6 Å². The molecular formula is C19H16N2O5S. The second-order valence-electron chi connectivity index (χ2n) is 5.79. The second kappa shape index (κ2) is 7.55. The number of furan rings is 1. The molecule has 1 aliphatic rings. The average molecular weight is 384 g/mol. The number of rotatable bonds is 6. The summed E-state index contributed by atoms with van der Waals surface area (Å²) in [5.74, 6) is 1.16. The van der Waals surface area contributed by atoms with Gasteiger partial charge in [0.1, 0.15) is 0 Å². The predicted octanol–water partition coefficient (Wildman–Crippen LogP) is 3.29. The smallest absolute Gasteiger partial charge is 0.291 e. The van der Waals surface area contributed by atoms with Crippen LogP contribution in [0.2, 0.25) is 0 Å². The van der Waals surface area contributed by atoms with Crippen molar-refractivity contribution in [3.63, 3.8) is 0 Å². The summed E-state index contributed by atoms with van der Waals surface area (Å²) in [4.78, 5) is 24.7. The minimum absolute atomic E-state index is 0.181. The van der Waals surface area contributed by atoms with Gasteiger partial charge in [-0.15, -0.1) is 11.3 Å². The number of benzene rings is 1. The number of amides is 2. The summed E-state index contributed by atoms with van der Waals surface area (Å²) in [5, 5.41) is 6.16. The molecule has 27 heavy (non-hydrogen) atoms. The van der Waals surface area contributed by atoms with Gasteiger partial charge < -0.3 is 24.5 Å². The van der Waals surface area contributed by atoms with Gasteiger partial charge in [-0.3, -0.25) is 9.59 Å². The number of hydrogen-bond acceptors (Lipinski definition) is 6. The molecule has 3 aromatic rings. The first-order valence-electron chi connectivity index (χ1n) is 8.30. The van der Waals surface area contributed by atoms with Crippen molar-refractivity contribution in [3.8, 4) is 11.5 Å². The molecule has 1 aliphatic heterocycles. The van der Waals surface area contributed by atoms with Crippen LogP contribution in [-0.4, -0.2) is 25.2 Å². The van der Waals surface area contributed by atoms with E-state index in [0.29, 0.717) is 22.8 Å². The zero-order valence-electron chi connectivity index (χ0n) is 14.2. The first-order valence-corrected chi connectivity index (χ1v) is 9.12. The maximum Gasteiger partial charge on any atom is 0.291 e. The Morgan fingerprint density at radius 2 is 1.93 bits per heavy atom. The quantitative estimate of drug-likeness (QED) is 0.681. The number of carbonyl (C=O) groups excluding carboxylic acids is 2. The summed E-state index contributed by atoms with van der Waals surface area (Å²) in [5.41, 5.74) is 1.05. The third-order valence-electron chi connectivity index (χ3n) is 3.95. The van der Waals surface area contributed by atoms with E-state index in [-0.39, 0.29) is 24.4 Å². The molecule has 7 nitrogen and oxygen atoms in total. The van der Waals surface area contributed by atoms with E-state index >= 15 is 0 Å². The lowest BCUT2D eigenvalue weighted by Crippen LogP contribution is -2.24. The summed E-state index contributed by atoms with van der Waals surface area (Å²) in [6, 6.07) is 12.3. The van der Waals surface area contributed by atoms with Gasteiger partial charge in [0.25, 0.3) is 11.8 Å². The summed E-state index contributed by atoms with van der Waals surface area (Å²) >= 11 is 1.21. The topological polar surface area (TPSA) is 89.8 Å². The molecular weight excluding hydrogens is 368 g/mol. The summed E-state index contributed by atoms with van der Waals surface area (Å²) < 4.78 is 15.7. The summed E-state index contributed by atoms with van der Waals surface area (Å²) in [6.07, 6.45) is 2.11. The lowest BCUT2D eigenvalue weighted by Gasteiger charge is -2.05. The molecule has 0 atom stereocenters. The fourth-order valence-electron chi connectivity index (χ4n) is 2.61. The lowest BCUT2D eigenvalue weighted by molar-refractivity contribution is 0.0956. The highest BCUT2D eigenvalue weighted by molar-refractivity contribution is 7.18. The number of anilines is 1. The highest BCUT2D eigenvalue weighted by Gasteiger charge is 2.15. The van der Waals surface area contributed by atoms with Gasteiger partial charge in [-0.25, -0.2) is 0 Å². The van der Waals surface area contributed by atoms with Crippen molar-refractivity contribution >= 4 is 28.2 Å². The molecule has 3 heterocycles. The Bertz CT molecular complexity index is 964. The van der Waals surface area contributed by atoms with E-state index < -0.39 is 0 Å². The van der Waals surface area contributed by atoms with Gasteiger partial charge in [-0.2, -0.15) is 0 Å². The van der Waals surface area contributed by atoms with Gasteiger partial charge in [-0.05, 0) is 48.4 Å². The van der Waals surface area contributed by atoms with Crippen LogP contribution in [0.3, 0.4) is 0 Å². The standard InChI is InChI=1S/C19H16N2O5S/c22-18(14-2-1-9-24-14)21-17-6-5-16(27-17)19(23)20-8-7-12-3-4-13-15(10-12)26-11-25-13/h1-6,9-10H,7-8,11H2,(H,20,23)(H,21,22). The molecule has 0 saturated heterocycles. The first kappa shape index (κ1) is 17.2. The SMILES string of the molecule is O=C(Nc1ccc(C(=O)NCCc2ccc3c(c2)OCO3)s1)c1ccco1. The van der Waals surface area contributed by atoms with Crippen molar-refractivity contribution in [2.45, 2.75) is 6.42 Å². The van der Waals surface area contributed by atoms with Crippen LogP contribution in [0.15, 0.2) is 53.1 Å². The van der Waals surface area contributed by atoms with Crippen LogP contribution in [-0.2, 0) is 6.42 Å². The molecule has 2 aromatic heterocycles. The van der Waals surface area contributed by atoms with Crippen LogP contribution in [0.1, 0.15) is 25.8 Å². The molecule has 0 spiro atoms. The normalized spacial score (nSPS) is 12.0. The van der Waals surface area contributed by atoms with Crippen LogP contribution in [0.5, 0.6) is 11.5 Å². The third kappa shape index (κ3) is 3.95. The van der Waals surface area contributed by atoms with Crippen molar-refractivity contribution < 1.29 is 23.5 Å². The van der Waals surface area contributed by atoms with Crippen molar-refractivity contribution in [2.24, 2.45) is 0 Å². The number of nitrogens with one attached hydrogen (secondary N) is 2. The van der Waals surface area contributed by atoms with E-state index in [4.69, 9.17) is 13.9 Å². The highest BCUT2D eigenvalue weighted by Crippen LogP contribution is 2.32. The predicted molar refractivity (Wildman–Crippen MR) is 99.6 cm³/mol. The van der Waals surface area contributed by atoms with Crippen molar-refractivity contribution in [3.05, 3.63) is 64.9 Å². The molecule has 8 heteroatoms. The minimum Gasteiger partial charge on any atom is -0.459 e. The van der Waals surface area contributed by atoms with Gasteiger partial charge in [0.05, 0.1) is 16.1 Å². The maximum atomic E-state index is 12.3. The number of thiophene rings is 1. The van der Waals surface area contributed by atoms with Gasteiger partial charge in [0.15, 0.2) is 17.3 Å². The van der Waals surface area contributed by atoms with E-state index in [1.165, 1.54) is 17.6 Å². The molecule has 2 N–H and O–H groups in total. The van der Waals surface area contributed by atoms with E-state index in [9.17, 15) is 9.59 Å². The Hall–Kier alpha value is -3.26. The zero-order valence-corrected chi connectivity index (χ0v) is 15.0. The van der Waals surface area contributed by atoms with Crippen LogP contribution in [0.25, 0.3) is 0 Å². The third-order valence-corrected chi connectivity index (χ3v) is 4.95. The Kier molecular flexibility index (Phi) is 4.80. The van der Waals surface area contributed by atoms with Gasteiger partial charge in [-0.1, -0.05) is 6.07 Å². The molecule has 0 aliphatic carbocycles. The molecule has 4 rings (SSSR count). The van der Waals surface area contributed by atoms with Gasteiger partial charge in [0.2, 0.25) is 6.79 Å². The lowest BCUT2D eigenvalue weighted by atomic mass is 10.1. The van der Waals surface area contributed by atoms with Crippen LogP contribution >= 0.6 is 11.3 Å². The molecule has 0 bridgehead atoms.